The van der Waals surface area contributed by atoms with E-state index >= 15 is 0 Å². The lowest BCUT2D eigenvalue weighted by molar-refractivity contribution is -0.138. The molecule has 234 valence electrons. The summed E-state index contributed by atoms with van der Waals surface area (Å²) in [7, 11) is 0. The second-order valence-corrected chi connectivity index (χ2v) is 14.2. The van der Waals surface area contributed by atoms with Crippen LogP contribution in [0.25, 0.3) is 11.8 Å². The van der Waals surface area contributed by atoms with Gasteiger partial charge in [0.15, 0.2) is 4.80 Å². The van der Waals surface area contributed by atoms with Crippen LogP contribution >= 0.6 is 68.1 Å². The quantitative estimate of drug-likeness (QED) is 0.121. The van der Waals surface area contributed by atoms with Crippen molar-refractivity contribution in [1.29, 1.82) is 5.26 Å². The van der Waals surface area contributed by atoms with Crippen molar-refractivity contribution in [2.75, 3.05) is 6.61 Å². The molecule has 2 heterocycles. The first kappa shape index (κ1) is 33.1. The largest absolute Gasteiger partial charge is 0.487 e. The Bertz CT molecular complexity index is 2220. The Morgan fingerprint density at radius 1 is 1.04 bits per heavy atom. The van der Waals surface area contributed by atoms with Gasteiger partial charge in [-0.25, -0.2) is 9.79 Å². The normalized spacial score (nSPS) is 14.3. The van der Waals surface area contributed by atoms with Crippen LogP contribution in [-0.4, -0.2) is 17.1 Å². The first-order chi connectivity index (χ1) is 22.8. The van der Waals surface area contributed by atoms with Gasteiger partial charge in [0.2, 0.25) is 0 Å². The van der Waals surface area contributed by atoms with Crippen molar-refractivity contribution in [2.24, 2.45) is 4.99 Å². The van der Waals surface area contributed by atoms with Crippen LogP contribution in [0.5, 0.6) is 5.75 Å². The highest BCUT2D eigenvalue weighted by Gasteiger charge is 2.35. The zero-order chi connectivity index (χ0) is 33.1. The smallest absolute Gasteiger partial charge is 0.338 e. The van der Waals surface area contributed by atoms with Crippen molar-refractivity contribution < 1.29 is 14.3 Å². The Balaban J connectivity index is 1.45. The number of nitriles is 1. The molecule has 1 atom stereocenters. The molecule has 0 saturated carbocycles. The molecule has 5 aromatic rings. The number of carbonyl (C=O) groups excluding carboxylic acids is 1. The van der Waals surface area contributed by atoms with E-state index in [1.807, 2.05) is 72.8 Å². The van der Waals surface area contributed by atoms with Crippen molar-refractivity contribution in [1.82, 2.24) is 4.57 Å². The molecule has 0 radical (unpaired) electrons. The molecule has 47 heavy (non-hydrogen) atoms. The van der Waals surface area contributed by atoms with Crippen molar-refractivity contribution in [3.63, 3.8) is 0 Å². The monoisotopic (exact) mass is 883 g/mol. The lowest BCUT2D eigenvalue weighted by Crippen LogP contribution is -2.40. The number of ether oxygens (including phenoxy) is 2. The lowest BCUT2D eigenvalue weighted by Gasteiger charge is -2.25. The zero-order valence-electron chi connectivity index (χ0n) is 24.7. The number of hydrogen-bond donors (Lipinski definition) is 0. The van der Waals surface area contributed by atoms with Crippen LogP contribution < -0.4 is 19.6 Å². The summed E-state index contributed by atoms with van der Waals surface area (Å²) in [5.74, 6) is 0.202. The summed E-state index contributed by atoms with van der Waals surface area (Å²) in [6.07, 6.45) is 1.84. The average Bonchev–Trinajstić information content (AvgIpc) is 3.38. The van der Waals surface area contributed by atoms with Gasteiger partial charge >= 0.3 is 5.97 Å². The van der Waals surface area contributed by atoms with Crippen LogP contribution in [0.2, 0.25) is 5.02 Å². The highest BCUT2D eigenvalue weighted by molar-refractivity contribution is 14.1. The molecule has 0 N–H and O–H groups in total. The molecular weight excluding hydrogens is 860 g/mol. The number of esters is 1. The lowest BCUT2D eigenvalue weighted by atomic mass is 9.93. The van der Waals surface area contributed by atoms with E-state index in [0.717, 1.165) is 29.6 Å². The van der Waals surface area contributed by atoms with Crippen LogP contribution in [0, 0.1) is 18.5 Å². The fourth-order valence-electron chi connectivity index (χ4n) is 5.18. The summed E-state index contributed by atoms with van der Waals surface area (Å²) in [4.78, 5) is 33.2. The fraction of sp³-hybridized carbons (Fsp3) is 0.111. The summed E-state index contributed by atoms with van der Waals surface area (Å²) in [6, 6.07) is 29.1. The second kappa shape index (κ2) is 14.6. The van der Waals surface area contributed by atoms with E-state index in [2.05, 4.69) is 51.3 Å². The summed E-state index contributed by atoms with van der Waals surface area (Å²) in [5, 5.41) is 9.60. The highest BCUT2D eigenvalue weighted by Crippen LogP contribution is 2.36. The average molecular weight is 884 g/mol. The fourth-order valence-corrected chi connectivity index (χ4v) is 8.44. The predicted octanol–water partition coefficient (Wildman–Crippen LogP) is 7.25. The Morgan fingerprint density at radius 3 is 2.36 bits per heavy atom. The molecule has 11 heteroatoms. The Labute approximate surface area is 306 Å². The molecule has 1 aromatic heterocycles. The zero-order valence-corrected chi connectivity index (χ0v) is 30.6. The molecule has 0 aliphatic carbocycles. The minimum absolute atomic E-state index is 0.173. The number of thiazole rings is 1. The molecule has 0 spiro atoms. The number of carbonyl (C=O) groups is 1. The Kier molecular flexibility index (Phi) is 10.3. The minimum atomic E-state index is -0.779. The van der Waals surface area contributed by atoms with Crippen LogP contribution in [0.1, 0.15) is 40.8 Å². The maximum absolute atomic E-state index is 14.2. The van der Waals surface area contributed by atoms with Gasteiger partial charge in [0.25, 0.3) is 5.56 Å². The number of fused-ring (bicyclic) bond motifs is 1. The van der Waals surface area contributed by atoms with Gasteiger partial charge in [-0.05, 0) is 111 Å². The van der Waals surface area contributed by atoms with Crippen LogP contribution in [0.15, 0.2) is 106 Å². The summed E-state index contributed by atoms with van der Waals surface area (Å²) in [5.41, 5.74) is 4.30. The van der Waals surface area contributed by atoms with Crippen LogP contribution in [-0.2, 0) is 16.1 Å². The number of hydrogen-bond acceptors (Lipinski definition) is 7. The SMILES string of the molecule is CCOC(=O)C1=C(c2ccccc2)N=c2s/c(=C\c3cc(I)c(OCc4ccc(C#N)cc4)c(I)c3)c(=O)n2[C@H]1c1ccc(Cl)cc1. The minimum Gasteiger partial charge on any atom is -0.487 e. The molecule has 0 bridgehead atoms. The third-order valence-corrected chi connectivity index (χ3v) is 10.2. The third kappa shape index (κ3) is 7.08. The van der Waals surface area contributed by atoms with E-state index in [-0.39, 0.29) is 17.7 Å². The maximum atomic E-state index is 14.2. The highest BCUT2D eigenvalue weighted by atomic mass is 127. The van der Waals surface area contributed by atoms with Crippen molar-refractivity contribution in [3.8, 4) is 11.8 Å². The molecule has 0 unspecified atom stereocenters. The predicted molar refractivity (Wildman–Crippen MR) is 200 cm³/mol. The first-order valence-electron chi connectivity index (χ1n) is 14.4. The molecule has 0 fully saturated rings. The summed E-state index contributed by atoms with van der Waals surface area (Å²) in [6.45, 7) is 2.28. The Hall–Kier alpha value is -3.77. The van der Waals surface area contributed by atoms with Crippen LogP contribution in [0.4, 0.5) is 0 Å². The number of aromatic nitrogens is 1. The number of halogens is 3. The van der Waals surface area contributed by atoms with Crippen LogP contribution in [0.3, 0.4) is 0 Å². The van der Waals surface area contributed by atoms with Gasteiger partial charge in [0, 0.05) is 10.6 Å². The van der Waals surface area contributed by atoms with E-state index in [9.17, 15) is 9.59 Å². The van der Waals surface area contributed by atoms with Crippen molar-refractivity contribution >= 4 is 85.9 Å². The van der Waals surface area contributed by atoms with E-state index in [0.29, 0.717) is 37.8 Å². The molecular formula is C36H24ClI2N3O4S. The molecule has 1 aliphatic heterocycles. The second-order valence-electron chi connectivity index (χ2n) is 10.4. The molecule has 6 rings (SSSR count). The standard InChI is InChI=1S/C36H24ClI2N3O4S/c1-2-45-35(44)30-31(24-6-4-3-5-7-24)41-36-42(32(30)25-12-14-26(37)15-13-25)34(43)29(47-36)18-23-16-27(38)33(28(39)17-23)46-20-22-10-8-21(19-40)9-11-22/h3-18,32H,2,20H2,1H3/b29-18-/t32-/m0/s1. The van der Waals surface area contributed by atoms with Gasteiger partial charge in [-0.15, -0.1) is 0 Å². The number of rotatable bonds is 8. The van der Waals surface area contributed by atoms with Gasteiger partial charge in [-0.3, -0.25) is 9.36 Å². The number of benzene rings is 4. The molecule has 7 nitrogen and oxygen atoms in total. The molecule has 1 aliphatic rings. The molecule has 4 aromatic carbocycles. The molecule has 0 saturated heterocycles. The third-order valence-electron chi connectivity index (χ3n) is 7.34. The van der Waals surface area contributed by atoms with E-state index in [4.69, 9.17) is 31.3 Å². The Morgan fingerprint density at radius 2 is 1.72 bits per heavy atom. The topological polar surface area (TPSA) is 93.7 Å². The summed E-state index contributed by atoms with van der Waals surface area (Å²) >= 11 is 12.0. The van der Waals surface area contributed by atoms with Gasteiger partial charge in [0.05, 0.1) is 47.2 Å². The first-order valence-corrected chi connectivity index (χ1v) is 17.8. The van der Waals surface area contributed by atoms with Crippen molar-refractivity contribution in [2.45, 2.75) is 19.6 Å². The number of nitrogens with zero attached hydrogens (tertiary/aromatic N) is 3. The maximum Gasteiger partial charge on any atom is 0.338 e. The molecule has 0 amide bonds. The van der Waals surface area contributed by atoms with Gasteiger partial charge < -0.3 is 9.47 Å². The van der Waals surface area contributed by atoms with Gasteiger partial charge in [0.1, 0.15) is 12.4 Å². The van der Waals surface area contributed by atoms with Gasteiger partial charge in [-0.1, -0.05) is 77.5 Å². The van der Waals surface area contributed by atoms with E-state index in [1.54, 1.807) is 35.8 Å². The van der Waals surface area contributed by atoms with E-state index < -0.39 is 12.0 Å². The van der Waals surface area contributed by atoms with Crippen molar-refractivity contribution in [3.05, 3.63) is 156 Å². The summed E-state index contributed by atoms with van der Waals surface area (Å²) < 4.78 is 15.5. The van der Waals surface area contributed by atoms with E-state index in [1.165, 1.54) is 11.3 Å². The van der Waals surface area contributed by atoms with Gasteiger partial charge in [-0.2, -0.15) is 5.26 Å².